The zero-order valence-corrected chi connectivity index (χ0v) is 10.7. The Kier molecular flexibility index (Phi) is 5.17. The summed E-state index contributed by atoms with van der Waals surface area (Å²) in [7, 11) is -1.88. The van der Waals surface area contributed by atoms with Crippen molar-refractivity contribution in [3.05, 3.63) is 0 Å². The molecule has 0 radical (unpaired) electrons. The quantitative estimate of drug-likeness (QED) is 0.693. The van der Waals surface area contributed by atoms with E-state index in [0.29, 0.717) is 6.61 Å². The number of hydrogen-bond acceptors (Lipinski definition) is 4. The minimum absolute atomic E-state index is 0.359. The molecule has 0 spiro atoms. The average Bonchev–Trinajstić information content (AvgIpc) is 1.78. The first-order valence-electron chi connectivity index (χ1n) is 4.06. The normalized spacial score (nSPS) is 13.5. The van der Waals surface area contributed by atoms with Crippen molar-refractivity contribution in [3.8, 4) is 0 Å². The van der Waals surface area contributed by atoms with Gasteiger partial charge in [-0.05, 0) is 0 Å². The molecule has 0 rings (SSSR count). The van der Waals surface area contributed by atoms with Crippen molar-refractivity contribution in [1.82, 2.24) is 0 Å². The van der Waals surface area contributed by atoms with Gasteiger partial charge >= 0.3 is 79.8 Å². The van der Waals surface area contributed by atoms with Crippen LogP contribution in [0.4, 0.5) is 0 Å². The van der Waals surface area contributed by atoms with Crippen LogP contribution in [0.5, 0.6) is 0 Å². The molecule has 0 amide bonds. The van der Waals surface area contributed by atoms with E-state index in [1.807, 2.05) is 26.6 Å². The second-order valence-corrected chi connectivity index (χ2v) is 11.2. The summed E-state index contributed by atoms with van der Waals surface area (Å²) >= 11 is -4.29. The van der Waals surface area contributed by atoms with E-state index in [1.54, 1.807) is 0 Å². The van der Waals surface area contributed by atoms with Gasteiger partial charge < -0.3 is 0 Å². The molecule has 0 fully saturated rings. The SMILES string of the molecule is CCC[O][Ti]([OH])([OH])[O][Si](C)(C)C. The Labute approximate surface area is 79.9 Å². The second-order valence-electron chi connectivity index (χ2n) is 3.61. The zero-order chi connectivity index (χ0) is 9.83. The Hall–Kier alpha value is 0.771. The molecule has 0 heterocycles. The molecule has 12 heavy (non-hydrogen) atoms. The molecule has 2 N–H and O–H groups in total. The fraction of sp³-hybridized carbons (Fsp3) is 1.00. The summed E-state index contributed by atoms with van der Waals surface area (Å²) < 4.78 is 28.6. The Balaban J connectivity index is 3.86. The summed E-state index contributed by atoms with van der Waals surface area (Å²) in [6, 6.07) is 0. The van der Waals surface area contributed by atoms with Crippen molar-refractivity contribution in [1.29, 1.82) is 0 Å². The molecular weight excluding hydrogens is 212 g/mol. The van der Waals surface area contributed by atoms with Gasteiger partial charge in [-0.25, -0.2) is 0 Å². The zero-order valence-electron chi connectivity index (χ0n) is 8.13. The van der Waals surface area contributed by atoms with Crippen LogP contribution in [0, 0.1) is 0 Å². The van der Waals surface area contributed by atoms with E-state index in [-0.39, 0.29) is 0 Å². The molecule has 0 saturated heterocycles. The van der Waals surface area contributed by atoms with E-state index >= 15 is 0 Å². The van der Waals surface area contributed by atoms with Crippen molar-refractivity contribution in [2.75, 3.05) is 6.61 Å². The molecule has 0 aromatic rings. The molecule has 0 aliphatic heterocycles. The molecule has 0 atom stereocenters. The maximum atomic E-state index is 9.31. The van der Waals surface area contributed by atoms with Crippen molar-refractivity contribution < 1.29 is 31.8 Å². The van der Waals surface area contributed by atoms with Crippen LogP contribution >= 0.6 is 0 Å². The topological polar surface area (TPSA) is 58.9 Å². The fourth-order valence-corrected chi connectivity index (χ4v) is 6.27. The van der Waals surface area contributed by atoms with Crippen molar-refractivity contribution >= 4 is 8.32 Å². The molecule has 0 aromatic carbocycles. The van der Waals surface area contributed by atoms with Crippen molar-refractivity contribution in [2.24, 2.45) is 0 Å². The van der Waals surface area contributed by atoms with Crippen LogP contribution in [-0.4, -0.2) is 22.3 Å². The Bertz CT molecular complexity index is 134. The third-order valence-electron chi connectivity index (χ3n) is 0.933. The fourth-order valence-electron chi connectivity index (χ4n) is 0.663. The molecule has 0 aliphatic carbocycles. The third kappa shape index (κ3) is 7.42. The first-order valence-corrected chi connectivity index (χ1v) is 10.1. The van der Waals surface area contributed by atoms with Gasteiger partial charge in [0, 0.05) is 0 Å². The summed E-state index contributed by atoms with van der Waals surface area (Å²) in [5, 5.41) is 0. The third-order valence-corrected chi connectivity index (χ3v) is 6.83. The van der Waals surface area contributed by atoms with Gasteiger partial charge in [-0.2, -0.15) is 0 Å². The Morgan fingerprint density at radius 1 is 1.25 bits per heavy atom. The Morgan fingerprint density at radius 2 is 1.75 bits per heavy atom. The molecule has 4 nitrogen and oxygen atoms in total. The molecule has 0 aromatic heterocycles. The summed E-state index contributed by atoms with van der Waals surface area (Å²) in [4.78, 5) is 0. The van der Waals surface area contributed by atoms with Crippen LogP contribution in [-0.2, 0) is 24.5 Å². The van der Waals surface area contributed by atoms with Crippen LogP contribution < -0.4 is 0 Å². The summed E-state index contributed by atoms with van der Waals surface area (Å²) in [5.74, 6) is 0. The van der Waals surface area contributed by atoms with Crippen LogP contribution in [0.2, 0.25) is 19.6 Å². The van der Waals surface area contributed by atoms with Gasteiger partial charge in [0.05, 0.1) is 0 Å². The van der Waals surface area contributed by atoms with Crippen molar-refractivity contribution in [2.45, 2.75) is 33.0 Å². The predicted octanol–water partition coefficient (Wildman–Crippen LogP) is 1.06. The van der Waals surface area contributed by atoms with E-state index in [0.717, 1.165) is 6.42 Å². The van der Waals surface area contributed by atoms with E-state index in [4.69, 9.17) is 6.33 Å². The molecule has 74 valence electrons. The predicted molar refractivity (Wildman–Crippen MR) is 45.1 cm³/mol. The number of hydrogen-bond donors (Lipinski definition) is 2. The van der Waals surface area contributed by atoms with E-state index in [1.165, 1.54) is 0 Å². The van der Waals surface area contributed by atoms with Gasteiger partial charge in [-0.1, -0.05) is 0 Å². The molecule has 0 bridgehead atoms. The van der Waals surface area contributed by atoms with E-state index in [2.05, 4.69) is 0 Å². The molecule has 6 heteroatoms. The van der Waals surface area contributed by atoms with Gasteiger partial charge in [0.2, 0.25) is 0 Å². The van der Waals surface area contributed by atoms with E-state index < -0.39 is 26.5 Å². The van der Waals surface area contributed by atoms with Crippen molar-refractivity contribution in [3.63, 3.8) is 0 Å². The molecule has 0 aliphatic rings. The maximum absolute atomic E-state index is 9.31. The van der Waals surface area contributed by atoms with Gasteiger partial charge in [0.15, 0.2) is 0 Å². The minimum atomic E-state index is -4.29. The standard InChI is InChI=1S/C3H9OSi.C3H7O.2H2O.Ti/c1-5(2,3)4;1-2-3-4;;;/h1-3H3;2-3H2,1H3;2*1H2;/q2*-1;;;+4/p-2. The first-order chi connectivity index (χ1) is 5.27. The number of rotatable bonds is 5. The molecule has 0 saturated carbocycles. The average molecular weight is 230 g/mol. The van der Waals surface area contributed by atoms with Crippen LogP contribution in [0.1, 0.15) is 13.3 Å². The second kappa shape index (κ2) is 4.86. The summed E-state index contributed by atoms with van der Waals surface area (Å²) in [6.45, 7) is 7.96. The summed E-state index contributed by atoms with van der Waals surface area (Å²) in [5.41, 5.74) is 0. The first kappa shape index (κ1) is 12.8. The van der Waals surface area contributed by atoms with Gasteiger partial charge in [-0.3, -0.25) is 0 Å². The Morgan fingerprint density at radius 3 is 2.08 bits per heavy atom. The van der Waals surface area contributed by atoms with Crippen LogP contribution in [0.15, 0.2) is 0 Å². The van der Waals surface area contributed by atoms with Crippen LogP contribution in [0.25, 0.3) is 0 Å². The van der Waals surface area contributed by atoms with Gasteiger partial charge in [-0.15, -0.1) is 0 Å². The monoisotopic (exact) mass is 230 g/mol. The molecular formula is C6H18O4SiTi. The van der Waals surface area contributed by atoms with E-state index in [9.17, 15) is 7.38 Å². The van der Waals surface area contributed by atoms with Gasteiger partial charge in [0.1, 0.15) is 0 Å². The molecule has 0 unspecified atom stereocenters. The van der Waals surface area contributed by atoms with Gasteiger partial charge in [0.25, 0.3) is 0 Å². The summed E-state index contributed by atoms with van der Waals surface area (Å²) in [6.07, 6.45) is 0.767. The van der Waals surface area contributed by atoms with Crippen LogP contribution in [0.3, 0.4) is 0 Å².